The molecule has 1 N–H and O–H groups in total. The van der Waals surface area contributed by atoms with Gasteiger partial charge in [-0.05, 0) is 17.7 Å². The van der Waals surface area contributed by atoms with Gasteiger partial charge in [-0.25, -0.2) is 14.0 Å². The first-order chi connectivity index (χ1) is 12.4. The molecule has 140 valence electrons. The summed E-state index contributed by atoms with van der Waals surface area (Å²) in [6.07, 6.45) is -1.48. The largest absolute Gasteiger partial charge is 0.453 e. The molecule has 0 aliphatic carbocycles. The molecule has 3 rings (SSSR count). The highest BCUT2D eigenvalue weighted by atomic mass is 19.1. The van der Waals surface area contributed by atoms with Crippen molar-refractivity contribution >= 4 is 23.8 Å². The fourth-order valence-corrected chi connectivity index (χ4v) is 3.06. The van der Waals surface area contributed by atoms with Gasteiger partial charge in [-0.3, -0.25) is 9.69 Å². The Balaban J connectivity index is 1.64. The second-order valence-electron chi connectivity index (χ2n) is 6.33. The van der Waals surface area contributed by atoms with Gasteiger partial charge in [-0.15, -0.1) is 0 Å². The Morgan fingerprint density at radius 2 is 2.08 bits per heavy atom. The van der Waals surface area contributed by atoms with Gasteiger partial charge < -0.3 is 19.7 Å². The lowest BCUT2D eigenvalue weighted by atomic mass is 9.91. The molecule has 2 saturated heterocycles. The third-order valence-corrected chi connectivity index (χ3v) is 4.50. The summed E-state index contributed by atoms with van der Waals surface area (Å²) >= 11 is 0. The lowest BCUT2D eigenvalue weighted by Gasteiger charge is -2.38. The molecular formula is C17H20FN3O5. The van der Waals surface area contributed by atoms with Crippen LogP contribution in [0.2, 0.25) is 0 Å². The summed E-state index contributed by atoms with van der Waals surface area (Å²) in [4.78, 5) is 37.1. The van der Waals surface area contributed by atoms with Crippen molar-refractivity contribution in [1.82, 2.24) is 10.2 Å². The summed E-state index contributed by atoms with van der Waals surface area (Å²) in [6, 6.07) is 4.57. The van der Waals surface area contributed by atoms with Crippen molar-refractivity contribution in [3.05, 3.63) is 29.6 Å². The number of ether oxygens (including phenoxy) is 2. The van der Waals surface area contributed by atoms with Gasteiger partial charge in [0.15, 0.2) is 0 Å². The van der Waals surface area contributed by atoms with Crippen LogP contribution in [0.15, 0.2) is 18.2 Å². The Kier molecular flexibility index (Phi) is 4.97. The van der Waals surface area contributed by atoms with Crippen molar-refractivity contribution in [1.29, 1.82) is 0 Å². The first-order valence-corrected chi connectivity index (χ1v) is 8.24. The molecule has 2 aliphatic heterocycles. The van der Waals surface area contributed by atoms with E-state index in [0.29, 0.717) is 24.3 Å². The molecule has 2 heterocycles. The van der Waals surface area contributed by atoms with Crippen LogP contribution in [0.3, 0.4) is 0 Å². The molecular weight excluding hydrogens is 345 g/mol. The molecule has 1 aromatic rings. The maximum atomic E-state index is 14.5. The predicted molar refractivity (Wildman–Crippen MR) is 89.4 cm³/mol. The van der Waals surface area contributed by atoms with E-state index in [9.17, 15) is 18.8 Å². The first-order valence-electron chi connectivity index (χ1n) is 8.24. The van der Waals surface area contributed by atoms with Crippen LogP contribution < -0.4 is 10.2 Å². The van der Waals surface area contributed by atoms with Gasteiger partial charge >= 0.3 is 12.2 Å². The molecule has 2 aliphatic rings. The van der Waals surface area contributed by atoms with E-state index in [-0.39, 0.29) is 24.9 Å². The average molecular weight is 365 g/mol. The molecule has 0 aromatic heterocycles. The van der Waals surface area contributed by atoms with Crippen LogP contribution in [-0.4, -0.2) is 62.4 Å². The van der Waals surface area contributed by atoms with Crippen molar-refractivity contribution in [3.8, 4) is 0 Å². The fraction of sp³-hybridized carbons (Fsp3) is 0.471. The van der Waals surface area contributed by atoms with Gasteiger partial charge in [0.05, 0.1) is 25.9 Å². The van der Waals surface area contributed by atoms with Gasteiger partial charge in [0, 0.05) is 25.9 Å². The topological polar surface area (TPSA) is 88.2 Å². The van der Waals surface area contributed by atoms with E-state index in [1.54, 1.807) is 12.1 Å². The van der Waals surface area contributed by atoms with E-state index in [2.05, 4.69) is 10.1 Å². The normalized spacial score (nSPS) is 19.8. The third-order valence-electron chi connectivity index (χ3n) is 4.50. The number of anilines is 1. The summed E-state index contributed by atoms with van der Waals surface area (Å²) in [7, 11) is 1.30. The van der Waals surface area contributed by atoms with E-state index in [4.69, 9.17) is 4.74 Å². The zero-order valence-electron chi connectivity index (χ0n) is 14.5. The van der Waals surface area contributed by atoms with Crippen LogP contribution in [0.5, 0.6) is 0 Å². The van der Waals surface area contributed by atoms with Crippen LogP contribution in [0.1, 0.15) is 18.4 Å². The van der Waals surface area contributed by atoms with E-state index < -0.39 is 24.1 Å². The third kappa shape index (κ3) is 3.56. The summed E-state index contributed by atoms with van der Waals surface area (Å²) in [5, 5.41) is 2.59. The zero-order valence-corrected chi connectivity index (χ0v) is 14.5. The van der Waals surface area contributed by atoms with Gasteiger partial charge in [0.1, 0.15) is 11.9 Å². The van der Waals surface area contributed by atoms with Crippen molar-refractivity contribution < 1.29 is 28.2 Å². The molecule has 3 amide bonds. The first kappa shape index (κ1) is 18.0. The maximum Gasteiger partial charge on any atom is 0.414 e. The smallest absolute Gasteiger partial charge is 0.414 e. The summed E-state index contributed by atoms with van der Waals surface area (Å²) in [5.74, 6) is -0.743. The Morgan fingerprint density at radius 3 is 2.69 bits per heavy atom. The number of likely N-dealkylation sites (tertiary alicyclic amines) is 1. The molecule has 0 saturated carbocycles. The summed E-state index contributed by atoms with van der Waals surface area (Å²) < 4.78 is 24.3. The molecule has 9 heteroatoms. The molecule has 0 bridgehead atoms. The van der Waals surface area contributed by atoms with Crippen LogP contribution in [-0.2, 0) is 14.3 Å². The lowest BCUT2D eigenvalue weighted by molar-refractivity contribution is -0.119. The Bertz CT molecular complexity index is 735. The molecule has 26 heavy (non-hydrogen) atoms. The number of hydrogen-bond acceptors (Lipinski definition) is 5. The van der Waals surface area contributed by atoms with Crippen molar-refractivity contribution in [2.45, 2.75) is 18.9 Å². The van der Waals surface area contributed by atoms with Crippen LogP contribution in [0.25, 0.3) is 0 Å². The molecule has 0 spiro atoms. The van der Waals surface area contributed by atoms with Crippen molar-refractivity contribution in [3.63, 3.8) is 0 Å². The van der Waals surface area contributed by atoms with E-state index in [1.165, 1.54) is 29.9 Å². The number of halogens is 1. The number of methoxy groups -OCH3 is 1. The number of carbonyl (C=O) groups excluding carboxylic acids is 3. The highest BCUT2D eigenvalue weighted by Crippen LogP contribution is 2.32. The second kappa shape index (κ2) is 7.19. The molecule has 0 radical (unpaired) electrons. The van der Waals surface area contributed by atoms with E-state index in [0.717, 1.165) is 0 Å². The molecule has 1 atom stereocenters. The molecule has 1 aromatic carbocycles. The van der Waals surface area contributed by atoms with Gasteiger partial charge in [0.2, 0.25) is 5.91 Å². The summed E-state index contributed by atoms with van der Waals surface area (Å²) in [5.41, 5.74) is 0.891. The van der Waals surface area contributed by atoms with Gasteiger partial charge in [0.25, 0.3) is 0 Å². The Morgan fingerprint density at radius 1 is 1.35 bits per heavy atom. The molecule has 8 nitrogen and oxygen atoms in total. The Labute approximate surface area is 149 Å². The number of amides is 3. The van der Waals surface area contributed by atoms with Gasteiger partial charge in [-0.2, -0.15) is 0 Å². The second-order valence-corrected chi connectivity index (χ2v) is 6.33. The van der Waals surface area contributed by atoms with Gasteiger partial charge in [-0.1, -0.05) is 6.07 Å². The van der Waals surface area contributed by atoms with Crippen molar-refractivity contribution in [2.75, 3.05) is 38.2 Å². The average Bonchev–Trinajstić information content (AvgIpc) is 2.93. The quantitative estimate of drug-likeness (QED) is 0.873. The SMILES string of the molecule is COC(=O)N1CC(c2ccc(N3C[C@H](CNC(C)=O)OC3=O)cc2F)C1. The minimum Gasteiger partial charge on any atom is -0.453 e. The van der Waals surface area contributed by atoms with E-state index in [1.807, 2.05) is 0 Å². The fourth-order valence-electron chi connectivity index (χ4n) is 3.06. The van der Waals surface area contributed by atoms with Crippen LogP contribution in [0.4, 0.5) is 19.7 Å². The predicted octanol–water partition coefficient (Wildman–Crippen LogP) is 1.45. The van der Waals surface area contributed by atoms with Crippen LogP contribution in [0, 0.1) is 5.82 Å². The molecule has 2 fully saturated rings. The number of benzene rings is 1. The lowest BCUT2D eigenvalue weighted by Crippen LogP contribution is -2.48. The number of hydrogen-bond donors (Lipinski definition) is 1. The zero-order chi connectivity index (χ0) is 18.8. The number of cyclic esters (lactones) is 1. The number of nitrogens with zero attached hydrogens (tertiary/aromatic N) is 2. The van der Waals surface area contributed by atoms with E-state index >= 15 is 0 Å². The summed E-state index contributed by atoms with van der Waals surface area (Å²) in [6.45, 7) is 2.62. The van der Waals surface area contributed by atoms with Crippen LogP contribution >= 0.6 is 0 Å². The minimum absolute atomic E-state index is 0.0961. The minimum atomic E-state index is -0.576. The Hall–Kier alpha value is -2.84. The highest BCUT2D eigenvalue weighted by Gasteiger charge is 2.36. The monoisotopic (exact) mass is 365 g/mol. The number of nitrogens with one attached hydrogen (secondary N) is 1. The number of carbonyl (C=O) groups is 3. The molecule has 0 unspecified atom stereocenters. The maximum absolute atomic E-state index is 14.5. The standard InChI is InChI=1S/C17H20FN3O5/c1-10(22)19-6-13-9-21(17(24)26-13)12-3-4-14(15(18)5-12)11-7-20(8-11)16(23)25-2/h3-5,11,13H,6-9H2,1-2H3,(H,19,22)/t13-/m0/s1. The highest BCUT2D eigenvalue weighted by molar-refractivity contribution is 5.89. The number of rotatable bonds is 4. The van der Waals surface area contributed by atoms with Crippen molar-refractivity contribution in [2.24, 2.45) is 0 Å².